The van der Waals surface area contributed by atoms with Crippen molar-refractivity contribution in [3.63, 3.8) is 0 Å². The van der Waals surface area contributed by atoms with E-state index in [2.05, 4.69) is 27.1 Å². The van der Waals surface area contributed by atoms with E-state index >= 15 is 0 Å². The van der Waals surface area contributed by atoms with Gasteiger partial charge in [-0.25, -0.2) is 4.39 Å². The first-order chi connectivity index (χ1) is 13.7. The molecule has 142 valence electrons. The normalized spacial score (nSPS) is 12.7. The monoisotopic (exact) mass is 395 g/mol. The summed E-state index contributed by atoms with van der Waals surface area (Å²) >= 11 is 6.39. The van der Waals surface area contributed by atoms with Crippen LogP contribution in [0, 0.1) is 5.82 Å². The van der Waals surface area contributed by atoms with Crippen molar-refractivity contribution in [1.82, 2.24) is 20.1 Å². The molecule has 1 aliphatic heterocycles. The van der Waals surface area contributed by atoms with Gasteiger partial charge in [0.15, 0.2) is 11.6 Å². The van der Waals surface area contributed by atoms with Gasteiger partial charge in [-0.05, 0) is 31.2 Å². The van der Waals surface area contributed by atoms with Crippen molar-refractivity contribution < 1.29 is 4.39 Å². The summed E-state index contributed by atoms with van der Waals surface area (Å²) in [7, 11) is 0. The second-order valence-electron chi connectivity index (χ2n) is 6.40. The summed E-state index contributed by atoms with van der Waals surface area (Å²) < 4.78 is 16.9. The van der Waals surface area contributed by atoms with Gasteiger partial charge in [0.2, 0.25) is 0 Å². The van der Waals surface area contributed by atoms with E-state index < -0.39 is 0 Å². The molecular weight excluding hydrogens is 377 g/mol. The molecule has 4 rings (SSSR count). The number of hydrogen-bond acceptors (Lipinski definition) is 4. The predicted octanol–water partition coefficient (Wildman–Crippen LogP) is 4.08. The molecule has 0 fully saturated rings. The van der Waals surface area contributed by atoms with Crippen LogP contribution in [0.4, 0.5) is 4.39 Å². The van der Waals surface area contributed by atoms with E-state index in [1.165, 1.54) is 6.07 Å². The number of fused-ring (bicyclic) bond motifs is 3. The minimum atomic E-state index is -0.358. The summed E-state index contributed by atoms with van der Waals surface area (Å²) in [6, 6.07) is 12.3. The first-order valence-corrected chi connectivity index (χ1v) is 9.42. The van der Waals surface area contributed by atoms with Crippen LogP contribution in [0.1, 0.15) is 29.2 Å². The third-order valence-electron chi connectivity index (χ3n) is 4.58. The lowest BCUT2D eigenvalue weighted by Crippen LogP contribution is -2.19. The van der Waals surface area contributed by atoms with Gasteiger partial charge >= 0.3 is 0 Å². The molecule has 1 N–H and O–H groups in total. The maximum Gasteiger partial charge on any atom is 0.159 e. The predicted molar refractivity (Wildman–Crippen MR) is 109 cm³/mol. The molecule has 0 atom stereocenters. The zero-order valence-corrected chi connectivity index (χ0v) is 16.0. The van der Waals surface area contributed by atoms with E-state index in [4.69, 9.17) is 11.6 Å². The molecule has 2 heterocycles. The Balaban J connectivity index is 1.83. The van der Waals surface area contributed by atoms with Crippen LogP contribution in [-0.2, 0) is 13.1 Å². The minimum absolute atomic E-state index is 0.286. The van der Waals surface area contributed by atoms with Gasteiger partial charge in [0, 0.05) is 10.6 Å². The Morgan fingerprint density at radius 3 is 2.86 bits per heavy atom. The van der Waals surface area contributed by atoms with Gasteiger partial charge in [0.05, 0.1) is 23.5 Å². The van der Waals surface area contributed by atoms with Crippen LogP contribution in [0.25, 0.3) is 5.69 Å². The number of halogens is 2. The molecule has 7 heteroatoms. The van der Waals surface area contributed by atoms with Crippen LogP contribution in [0.5, 0.6) is 0 Å². The molecule has 3 aromatic rings. The highest BCUT2D eigenvalue weighted by atomic mass is 35.5. The van der Waals surface area contributed by atoms with Gasteiger partial charge < -0.3 is 5.32 Å². The summed E-state index contributed by atoms with van der Waals surface area (Å²) in [5.74, 6) is 1.01. The van der Waals surface area contributed by atoms with E-state index in [9.17, 15) is 4.39 Å². The topological polar surface area (TPSA) is 55.1 Å². The Bertz CT molecular complexity index is 1060. The molecule has 0 spiro atoms. The molecule has 0 aliphatic carbocycles. The molecule has 0 bridgehead atoms. The van der Waals surface area contributed by atoms with E-state index in [0.29, 0.717) is 45.7 Å². The smallest absolute Gasteiger partial charge is 0.159 e. The lowest BCUT2D eigenvalue weighted by atomic mass is 9.99. The number of rotatable bonds is 6. The SMILES string of the molecule is C=CCCNCc1nnc2n1-c1cccc(F)c1C(c1ccccc1Cl)=NC2. The summed E-state index contributed by atoms with van der Waals surface area (Å²) in [6.45, 7) is 5.30. The van der Waals surface area contributed by atoms with Crippen molar-refractivity contribution in [3.05, 3.63) is 88.7 Å². The summed E-state index contributed by atoms with van der Waals surface area (Å²) in [4.78, 5) is 4.66. The Hall–Kier alpha value is -2.83. The summed E-state index contributed by atoms with van der Waals surface area (Å²) in [5, 5.41) is 12.4. The highest BCUT2D eigenvalue weighted by molar-refractivity contribution is 6.35. The van der Waals surface area contributed by atoms with E-state index in [1.54, 1.807) is 12.1 Å². The van der Waals surface area contributed by atoms with Crippen molar-refractivity contribution in [3.8, 4) is 5.69 Å². The number of nitrogens with one attached hydrogen (secondary N) is 1. The van der Waals surface area contributed by atoms with E-state index in [1.807, 2.05) is 34.9 Å². The zero-order valence-electron chi connectivity index (χ0n) is 15.2. The van der Waals surface area contributed by atoms with Crippen LogP contribution in [0.3, 0.4) is 0 Å². The van der Waals surface area contributed by atoms with Crippen molar-refractivity contribution in [2.75, 3.05) is 6.54 Å². The fourth-order valence-corrected chi connectivity index (χ4v) is 3.51. The van der Waals surface area contributed by atoms with Gasteiger partial charge in [-0.3, -0.25) is 9.56 Å². The number of aromatic nitrogens is 3. The first kappa shape index (κ1) is 18.5. The maximum atomic E-state index is 15.0. The molecule has 5 nitrogen and oxygen atoms in total. The molecule has 1 aliphatic rings. The highest BCUT2D eigenvalue weighted by Crippen LogP contribution is 2.30. The average Bonchev–Trinajstić information content (AvgIpc) is 3.02. The van der Waals surface area contributed by atoms with Crippen LogP contribution >= 0.6 is 11.6 Å². The second-order valence-corrected chi connectivity index (χ2v) is 6.81. The Morgan fingerprint density at radius 1 is 1.18 bits per heavy atom. The van der Waals surface area contributed by atoms with Crippen molar-refractivity contribution in [2.45, 2.75) is 19.5 Å². The third kappa shape index (κ3) is 3.37. The van der Waals surface area contributed by atoms with Gasteiger partial charge in [-0.1, -0.05) is 41.9 Å². The number of nitrogens with zero attached hydrogens (tertiary/aromatic N) is 4. The van der Waals surface area contributed by atoms with Gasteiger partial charge in [0.1, 0.15) is 12.4 Å². The average molecular weight is 396 g/mol. The van der Waals surface area contributed by atoms with E-state index in [0.717, 1.165) is 13.0 Å². The molecule has 0 unspecified atom stereocenters. The standard InChI is InChI=1S/C21H19ClFN5/c1-2-3-11-24-12-18-26-27-19-13-25-21(14-7-4-5-8-15(14)22)20-16(23)9-6-10-17(20)28(18)19/h2,4-10,24H,1,3,11-13H2. The molecule has 28 heavy (non-hydrogen) atoms. The molecule has 0 saturated heterocycles. The van der Waals surface area contributed by atoms with Gasteiger partial charge in [-0.15, -0.1) is 16.8 Å². The van der Waals surface area contributed by atoms with Crippen LogP contribution in [-0.4, -0.2) is 27.0 Å². The summed E-state index contributed by atoms with van der Waals surface area (Å²) in [5.41, 5.74) is 2.29. The van der Waals surface area contributed by atoms with Crippen molar-refractivity contribution >= 4 is 17.3 Å². The lowest BCUT2D eigenvalue weighted by Gasteiger charge is -2.15. The Kier molecular flexibility index (Phi) is 5.32. The highest BCUT2D eigenvalue weighted by Gasteiger charge is 2.26. The fraction of sp³-hybridized carbons (Fsp3) is 0.190. The maximum absolute atomic E-state index is 15.0. The Labute approximate surface area is 167 Å². The third-order valence-corrected chi connectivity index (χ3v) is 4.91. The van der Waals surface area contributed by atoms with E-state index in [-0.39, 0.29) is 12.4 Å². The van der Waals surface area contributed by atoms with Gasteiger partial charge in [-0.2, -0.15) is 0 Å². The number of aliphatic imine (C=N–C) groups is 1. The quantitative estimate of drug-likeness (QED) is 0.505. The fourth-order valence-electron chi connectivity index (χ4n) is 3.29. The summed E-state index contributed by atoms with van der Waals surface area (Å²) in [6.07, 6.45) is 2.71. The molecular formula is C21H19ClFN5. The second kappa shape index (κ2) is 8.04. The molecule has 1 aromatic heterocycles. The van der Waals surface area contributed by atoms with Crippen LogP contribution in [0.15, 0.2) is 60.1 Å². The molecule has 0 amide bonds. The zero-order chi connectivity index (χ0) is 19.5. The van der Waals surface area contributed by atoms with Crippen LogP contribution in [0.2, 0.25) is 5.02 Å². The largest absolute Gasteiger partial charge is 0.310 e. The first-order valence-electron chi connectivity index (χ1n) is 9.04. The van der Waals surface area contributed by atoms with Crippen LogP contribution < -0.4 is 5.32 Å². The lowest BCUT2D eigenvalue weighted by molar-refractivity contribution is 0.621. The Morgan fingerprint density at radius 2 is 2.04 bits per heavy atom. The van der Waals surface area contributed by atoms with Crippen molar-refractivity contribution in [2.24, 2.45) is 4.99 Å². The van der Waals surface area contributed by atoms with Crippen molar-refractivity contribution in [1.29, 1.82) is 0 Å². The number of benzene rings is 2. The molecule has 0 radical (unpaired) electrons. The number of hydrogen-bond donors (Lipinski definition) is 1. The van der Waals surface area contributed by atoms with Gasteiger partial charge in [0.25, 0.3) is 0 Å². The molecule has 0 saturated carbocycles. The molecule has 2 aromatic carbocycles. The minimum Gasteiger partial charge on any atom is -0.310 e.